The predicted octanol–water partition coefficient (Wildman–Crippen LogP) is 1.74. The molecule has 0 unspecified atom stereocenters. The van der Waals surface area contributed by atoms with Crippen LogP contribution in [0.2, 0.25) is 0 Å². The summed E-state index contributed by atoms with van der Waals surface area (Å²) in [5.74, 6) is -6.88. The zero-order valence-electron chi connectivity index (χ0n) is 18.0. The van der Waals surface area contributed by atoms with Gasteiger partial charge in [-0.3, -0.25) is 14.4 Å². The largest absolute Gasteiger partial charge is 0.481 e. The van der Waals surface area contributed by atoms with E-state index in [-0.39, 0.29) is 25.9 Å². The molecule has 0 saturated carbocycles. The summed E-state index contributed by atoms with van der Waals surface area (Å²) in [5.41, 5.74) is -1.98. The number of carboxylic acid groups (broad SMARTS) is 3. The maximum atomic E-state index is 11.6. The summed E-state index contributed by atoms with van der Waals surface area (Å²) in [5, 5.41) is 36.7. The molecule has 0 aromatic heterocycles. The Bertz CT molecular complexity index is 675. The fourth-order valence-corrected chi connectivity index (χ4v) is 3.72. The van der Waals surface area contributed by atoms with Crippen LogP contribution in [-0.2, 0) is 33.4 Å². The molecule has 32 heavy (non-hydrogen) atoms. The first-order chi connectivity index (χ1) is 15.1. The van der Waals surface area contributed by atoms with E-state index in [1.165, 1.54) is 0 Å². The summed E-state index contributed by atoms with van der Waals surface area (Å²) in [6.45, 7) is 0.113. The van der Waals surface area contributed by atoms with Gasteiger partial charge in [-0.15, -0.1) is 0 Å². The van der Waals surface area contributed by atoms with Gasteiger partial charge < -0.3 is 29.9 Å². The van der Waals surface area contributed by atoms with Crippen LogP contribution in [0.1, 0.15) is 77.0 Å². The molecule has 0 bridgehead atoms. The van der Waals surface area contributed by atoms with Crippen molar-refractivity contribution in [2.45, 2.75) is 88.8 Å². The van der Waals surface area contributed by atoms with Crippen LogP contribution in [-0.4, -0.2) is 68.6 Å². The van der Waals surface area contributed by atoms with Gasteiger partial charge in [0.2, 0.25) is 5.60 Å². The quantitative estimate of drug-likeness (QED) is 0.183. The van der Waals surface area contributed by atoms with Crippen LogP contribution < -0.4 is 0 Å². The van der Waals surface area contributed by atoms with Gasteiger partial charge in [0.25, 0.3) is 0 Å². The van der Waals surface area contributed by atoms with Gasteiger partial charge in [-0.1, -0.05) is 44.9 Å². The van der Waals surface area contributed by atoms with Crippen molar-refractivity contribution < 1.29 is 53.9 Å². The van der Waals surface area contributed by atoms with Crippen molar-refractivity contribution in [2.75, 3.05) is 6.61 Å². The van der Waals surface area contributed by atoms with E-state index in [1.54, 1.807) is 0 Å². The van der Waals surface area contributed by atoms with Crippen LogP contribution in [0.25, 0.3) is 0 Å². The van der Waals surface area contributed by atoms with Crippen molar-refractivity contribution in [1.29, 1.82) is 0 Å². The molecule has 0 aliphatic carbocycles. The lowest BCUT2D eigenvalue weighted by atomic mass is 9.81. The Balaban J connectivity index is 2.14. The van der Waals surface area contributed by atoms with E-state index in [2.05, 4.69) is 0 Å². The van der Waals surface area contributed by atoms with Gasteiger partial charge in [-0.05, 0) is 12.8 Å². The minimum Gasteiger partial charge on any atom is -0.481 e. The summed E-state index contributed by atoms with van der Waals surface area (Å²) in [6, 6.07) is 0. The Morgan fingerprint density at radius 3 is 1.97 bits per heavy atom. The summed E-state index contributed by atoms with van der Waals surface area (Å²) >= 11 is 0. The van der Waals surface area contributed by atoms with E-state index in [0.717, 1.165) is 38.5 Å². The molecule has 182 valence electrons. The van der Waals surface area contributed by atoms with Crippen LogP contribution in [0.4, 0.5) is 0 Å². The van der Waals surface area contributed by atoms with E-state index < -0.39 is 53.9 Å². The second-order valence-electron chi connectivity index (χ2n) is 7.96. The van der Waals surface area contributed by atoms with Crippen LogP contribution >= 0.6 is 0 Å². The van der Waals surface area contributed by atoms with Crippen molar-refractivity contribution in [3.63, 3.8) is 0 Å². The van der Waals surface area contributed by atoms with Crippen LogP contribution in [0.3, 0.4) is 0 Å². The van der Waals surface area contributed by atoms with E-state index in [0.29, 0.717) is 12.8 Å². The van der Waals surface area contributed by atoms with E-state index in [1.807, 2.05) is 0 Å². The molecule has 1 saturated heterocycles. The minimum absolute atomic E-state index is 0.0990. The fraction of sp³-hybridized carbons (Fsp3) is 0.762. The van der Waals surface area contributed by atoms with Gasteiger partial charge in [0.15, 0.2) is 6.10 Å². The number of aliphatic hydroxyl groups is 1. The minimum atomic E-state index is -1.98. The number of unbranched alkanes of at least 4 members (excludes halogenated alkanes) is 7. The SMILES string of the molecule is O=C(O)C[C@@H](O)C(=O)OCCCCCCCCCC[C@H](C(=O)O)[C@]1(C(=O)O)CCC(=O)O1. The number of cyclic esters (lactones) is 1. The predicted molar refractivity (Wildman–Crippen MR) is 108 cm³/mol. The first-order valence-electron chi connectivity index (χ1n) is 10.8. The molecule has 1 aliphatic rings. The van der Waals surface area contributed by atoms with Crippen molar-refractivity contribution >= 4 is 29.8 Å². The fourth-order valence-electron chi connectivity index (χ4n) is 3.72. The lowest BCUT2D eigenvalue weighted by Crippen LogP contribution is -2.49. The summed E-state index contributed by atoms with van der Waals surface area (Å²) in [4.78, 5) is 56.3. The highest BCUT2D eigenvalue weighted by Gasteiger charge is 2.56. The number of aliphatic hydroxyl groups excluding tert-OH is 1. The molecule has 1 rings (SSSR count). The highest BCUT2D eigenvalue weighted by atomic mass is 16.6. The van der Waals surface area contributed by atoms with Gasteiger partial charge >= 0.3 is 29.8 Å². The topological polar surface area (TPSA) is 185 Å². The van der Waals surface area contributed by atoms with Crippen molar-refractivity contribution in [1.82, 2.24) is 0 Å². The van der Waals surface area contributed by atoms with Crippen molar-refractivity contribution in [2.24, 2.45) is 5.92 Å². The van der Waals surface area contributed by atoms with Gasteiger partial charge in [-0.2, -0.15) is 0 Å². The van der Waals surface area contributed by atoms with Crippen LogP contribution in [0, 0.1) is 5.92 Å². The standard InChI is InChI=1S/C21H32O11/c22-15(13-16(23)24)19(28)31-12-8-6-4-2-1-3-5-7-9-14(18(26)27)21(20(29)30)11-10-17(25)32-21/h14-15,22H,1-13H2,(H,23,24)(H,26,27)(H,29,30)/t14-,15-,21+/m1/s1. The van der Waals surface area contributed by atoms with Crippen LogP contribution in [0.15, 0.2) is 0 Å². The first kappa shape index (κ1) is 27.3. The molecule has 4 N–H and O–H groups in total. The zero-order chi connectivity index (χ0) is 24.1. The Morgan fingerprint density at radius 2 is 1.50 bits per heavy atom. The zero-order valence-corrected chi connectivity index (χ0v) is 18.0. The maximum absolute atomic E-state index is 11.6. The second-order valence-corrected chi connectivity index (χ2v) is 7.96. The smallest absolute Gasteiger partial charge is 0.349 e. The number of hydrogen-bond donors (Lipinski definition) is 4. The molecule has 1 heterocycles. The van der Waals surface area contributed by atoms with E-state index in [4.69, 9.17) is 14.6 Å². The highest BCUT2D eigenvalue weighted by Crippen LogP contribution is 2.37. The lowest BCUT2D eigenvalue weighted by molar-refractivity contribution is -0.182. The van der Waals surface area contributed by atoms with Gasteiger partial charge in [-0.25, -0.2) is 9.59 Å². The number of carboxylic acids is 3. The number of carbonyl (C=O) groups is 5. The molecule has 0 aromatic carbocycles. The third-order valence-corrected chi connectivity index (χ3v) is 5.49. The van der Waals surface area contributed by atoms with Gasteiger partial charge in [0, 0.05) is 12.8 Å². The summed E-state index contributed by atoms with van der Waals surface area (Å²) < 4.78 is 9.74. The van der Waals surface area contributed by atoms with Gasteiger partial charge in [0.1, 0.15) is 5.92 Å². The van der Waals surface area contributed by atoms with Crippen molar-refractivity contribution in [3.8, 4) is 0 Å². The Morgan fingerprint density at radius 1 is 0.938 bits per heavy atom. The molecule has 0 radical (unpaired) electrons. The third-order valence-electron chi connectivity index (χ3n) is 5.49. The molecule has 1 fully saturated rings. The third kappa shape index (κ3) is 8.81. The average Bonchev–Trinajstić information content (AvgIpc) is 3.10. The van der Waals surface area contributed by atoms with Crippen LogP contribution in [0.5, 0.6) is 0 Å². The maximum Gasteiger partial charge on any atom is 0.349 e. The Hall–Kier alpha value is -2.69. The molecular formula is C21H32O11. The molecule has 3 atom stereocenters. The number of rotatable bonds is 17. The number of aliphatic carboxylic acids is 3. The lowest BCUT2D eigenvalue weighted by Gasteiger charge is -2.29. The average molecular weight is 460 g/mol. The molecule has 11 heteroatoms. The molecule has 0 amide bonds. The normalized spacial score (nSPS) is 19.7. The number of carbonyl (C=O) groups excluding carboxylic acids is 2. The van der Waals surface area contributed by atoms with Crippen molar-refractivity contribution in [3.05, 3.63) is 0 Å². The monoisotopic (exact) mass is 460 g/mol. The molecule has 1 aliphatic heterocycles. The molecule has 0 aromatic rings. The summed E-state index contributed by atoms with van der Waals surface area (Å²) in [7, 11) is 0. The Kier molecular flexibility index (Phi) is 11.7. The molecule has 11 nitrogen and oxygen atoms in total. The van der Waals surface area contributed by atoms with Gasteiger partial charge in [0.05, 0.1) is 13.0 Å². The number of hydrogen-bond acceptors (Lipinski definition) is 8. The molecule has 0 spiro atoms. The summed E-state index contributed by atoms with van der Waals surface area (Å²) in [6.07, 6.45) is 3.77. The highest BCUT2D eigenvalue weighted by molar-refractivity contribution is 5.91. The second kappa shape index (κ2) is 13.7. The first-order valence-corrected chi connectivity index (χ1v) is 10.8. The Labute approximate surface area is 185 Å². The van der Waals surface area contributed by atoms with E-state index >= 15 is 0 Å². The number of ether oxygens (including phenoxy) is 2. The van der Waals surface area contributed by atoms with E-state index in [9.17, 15) is 39.3 Å². The number of esters is 2. The molecular weight excluding hydrogens is 428 g/mol.